The molecule has 1 aromatic rings. The van der Waals surface area contributed by atoms with Gasteiger partial charge in [0.1, 0.15) is 0 Å². The predicted octanol–water partition coefficient (Wildman–Crippen LogP) is 2.14. The van der Waals surface area contributed by atoms with E-state index in [1.54, 1.807) is 7.11 Å². The number of nitrogens with one attached hydrogen (secondary N) is 1. The van der Waals surface area contributed by atoms with Crippen LogP contribution in [0.2, 0.25) is 0 Å². The fraction of sp³-hybridized carbons (Fsp3) is 0.750. The number of rotatable bonds is 7. The van der Waals surface area contributed by atoms with Gasteiger partial charge in [-0.25, -0.2) is 0 Å². The number of halogens is 1. The molecule has 0 spiro atoms. The van der Waals surface area contributed by atoms with Gasteiger partial charge >= 0.3 is 0 Å². The molecule has 4 nitrogen and oxygen atoms in total. The predicted molar refractivity (Wildman–Crippen MR) is 73.4 cm³/mol. The van der Waals surface area contributed by atoms with Gasteiger partial charge in [-0.2, -0.15) is 5.10 Å². The van der Waals surface area contributed by atoms with Crippen molar-refractivity contribution in [2.75, 3.05) is 20.8 Å². The van der Waals surface area contributed by atoms with Crippen molar-refractivity contribution in [2.45, 2.75) is 39.3 Å². The Morgan fingerprint density at radius 1 is 1.53 bits per heavy atom. The minimum atomic E-state index is 0.424. The summed E-state index contributed by atoms with van der Waals surface area (Å²) in [5, 5.41) is 7.84. The van der Waals surface area contributed by atoms with Crippen LogP contribution in [0.15, 0.2) is 4.47 Å². The second-order valence-electron chi connectivity index (χ2n) is 4.13. The molecule has 0 aliphatic heterocycles. The van der Waals surface area contributed by atoms with Gasteiger partial charge < -0.3 is 10.1 Å². The molecule has 1 rings (SSSR count). The monoisotopic (exact) mass is 303 g/mol. The smallest absolute Gasteiger partial charge is 0.0738 e. The van der Waals surface area contributed by atoms with Gasteiger partial charge in [0, 0.05) is 32.7 Å². The fourth-order valence-corrected chi connectivity index (χ4v) is 2.35. The number of nitrogens with zero attached hydrogens (tertiary/aromatic N) is 2. The molecule has 0 bridgehead atoms. The van der Waals surface area contributed by atoms with E-state index < -0.39 is 0 Å². The minimum Gasteiger partial charge on any atom is -0.385 e. The normalized spacial score (nSPS) is 13.0. The summed E-state index contributed by atoms with van der Waals surface area (Å²) in [6.45, 7) is 5.83. The average molecular weight is 304 g/mol. The lowest BCUT2D eigenvalue weighted by Gasteiger charge is -2.16. The molecule has 0 saturated carbocycles. The van der Waals surface area contributed by atoms with Gasteiger partial charge in [0.05, 0.1) is 15.9 Å². The summed E-state index contributed by atoms with van der Waals surface area (Å²) >= 11 is 3.63. The highest BCUT2D eigenvalue weighted by molar-refractivity contribution is 9.10. The van der Waals surface area contributed by atoms with Crippen LogP contribution in [0, 0.1) is 6.92 Å². The SMILES string of the molecule is CCn1nc(C)c(Br)c1CC(CCOC)NC. The number of aryl methyl sites for hydroxylation is 2. The maximum absolute atomic E-state index is 5.13. The van der Waals surface area contributed by atoms with Crippen molar-refractivity contribution in [3.05, 3.63) is 15.9 Å². The van der Waals surface area contributed by atoms with Crippen molar-refractivity contribution in [1.82, 2.24) is 15.1 Å². The van der Waals surface area contributed by atoms with E-state index in [2.05, 4.69) is 38.0 Å². The molecule has 98 valence electrons. The summed E-state index contributed by atoms with van der Waals surface area (Å²) in [4.78, 5) is 0. The first-order chi connectivity index (χ1) is 8.13. The molecular formula is C12H22BrN3O. The van der Waals surface area contributed by atoms with E-state index in [-0.39, 0.29) is 0 Å². The third-order valence-electron chi connectivity index (χ3n) is 2.97. The van der Waals surface area contributed by atoms with Crippen LogP contribution >= 0.6 is 15.9 Å². The van der Waals surface area contributed by atoms with Crippen molar-refractivity contribution in [3.8, 4) is 0 Å². The van der Waals surface area contributed by atoms with Crippen LogP contribution in [0.25, 0.3) is 0 Å². The first kappa shape index (κ1) is 14.7. The van der Waals surface area contributed by atoms with Gasteiger partial charge in [-0.3, -0.25) is 4.68 Å². The third-order valence-corrected chi connectivity index (χ3v) is 4.00. The molecule has 0 fully saturated rings. The second-order valence-corrected chi connectivity index (χ2v) is 4.93. The van der Waals surface area contributed by atoms with E-state index >= 15 is 0 Å². The number of ether oxygens (including phenoxy) is 1. The summed E-state index contributed by atoms with van der Waals surface area (Å²) in [5.41, 5.74) is 2.32. The Bertz CT molecular complexity index is 352. The minimum absolute atomic E-state index is 0.424. The largest absolute Gasteiger partial charge is 0.385 e. The van der Waals surface area contributed by atoms with Crippen LogP contribution in [0.4, 0.5) is 0 Å². The maximum atomic E-state index is 5.13. The van der Waals surface area contributed by atoms with Crippen LogP contribution in [0.5, 0.6) is 0 Å². The Labute approximate surface area is 112 Å². The fourth-order valence-electron chi connectivity index (χ4n) is 1.91. The lowest BCUT2D eigenvalue weighted by Crippen LogP contribution is -2.30. The molecule has 0 aromatic carbocycles. The molecule has 1 heterocycles. The second kappa shape index (κ2) is 7.13. The van der Waals surface area contributed by atoms with Gasteiger partial charge in [-0.1, -0.05) is 0 Å². The lowest BCUT2D eigenvalue weighted by molar-refractivity contribution is 0.183. The standard InChI is InChI=1S/C12H22BrN3O/c1-5-16-11(12(13)9(2)15-16)8-10(14-3)6-7-17-4/h10,14H,5-8H2,1-4H3. The molecule has 5 heteroatoms. The molecule has 0 aliphatic rings. The third kappa shape index (κ3) is 3.79. The summed E-state index contributed by atoms with van der Waals surface area (Å²) in [6.07, 6.45) is 1.97. The van der Waals surface area contributed by atoms with Gasteiger partial charge in [0.2, 0.25) is 0 Å². The number of hydrogen-bond acceptors (Lipinski definition) is 3. The number of aromatic nitrogens is 2. The first-order valence-electron chi connectivity index (χ1n) is 6.02. The van der Waals surface area contributed by atoms with Gasteiger partial charge in [0.25, 0.3) is 0 Å². The number of hydrogen-bond donors (Lipinski definition) is 1. The maximum Gasteiger partial charge on any atom is 0.0738 e. The highest BCUT2D eigenvalue weighted by Crippen LogP contribution is 2.22. The Kier molecular flexibility index (Phi) is 6.16. The Hall–Kier alpha value is -0.390. The van der Waals surface area contributed by atoms with E-state index in [0.29, 0.717) is 6.04 Å². The van der Waals surface area contributed by atoms with Crippen LogP contribution in [-0.4, -0.2) is 36.6 Å². The first-order valence-corrected chi connectivity index (χ1v) is 6.81. The Morgan fingerprint density at radius 3 is 2.76 bits per heavy atom. The average Bonchev–Trinajstić information content (AvgIpc) is 2.61. The Balaban J connectivity index is 2.77. The molecule has 0 radical (unpaired) electrons. The molecule has 0 saturated heterocycles. The van der Waals surface area contributed by atoms with Crippen molar-refractivity contribution >= 4 is 15.9 Å². The van der Waals surface area contributed by atoms with E-state index in [0.717, 1.165) is 36.2 Å². The van der Waals surface area contributed by atoms with E-state index in [1.165, 1.54) is 5.69 Å². The summed E-state index contributed by atoms with van der Waals surface area (Å²) in [6, 6.07) is 0.424. The summed E-state index contributed by atoms with van der Waals surface area (Å²) in [5.74, 6) is 0. The highest BCUT2D eigenvalue weighted by atomic mass is 79.9. The quantitative estimate of drug-likeness (QED) is 0.839. The van der Waals surface area contributed by atoms with Gasteiger partial charge in [-0.15, -0.1) is 0 Å². The van der Waals surface area contributed by atoms with Gasteiger partial charge in [-0.05, 0) is 43.2 Å². The number of likely N-dealkylation sites (N-methyl/N-ethyl adjacent to an activating group) is 1. The molecule has 1 atom stereocenters. The van der Waals surface area contributed by atoms with Crippen LogP contribution in [0.3, 0.4) is 0 Å². The zero-order valence-corrected chi connectivity index (χ0v) is 12.7. The van der Waals surface area contributed by atoms with Crippen molar-refractivity contribution in [2.24, 2.45) is 0 Å². The topological polar surface area (TPSA) is 39.1 Å². The molecule has 1 N–H and O–H groups in total. The molecular weight excluding hydrogens is 282 g/mol. The number of methoxy groups -OCH3 is 1. The van der Waals surface area contributed by atoms with Crippen molar-refractivity contribution in [1.29, 1.82) is 0 Å². The van der Waals surface area contributed by atoms with Crippen LogP contribution in [-0.2, 0) is 17.7 Å². The lowest BCUT2D eigenvalue weighted by atomic mass is 10.1. The summed E-state index contributed by atoms with van der Waals surface area (Å²) in [7, 11) is 3.73. The molecule has 17 heavy (non-hydrogen) atoms. The zero-order chi connectivity index (χ0) is 12.8. The van der Waals surface area contributed by atoms with Crippen LogP contribution < -0.4 is 5.32 Å². The molecule has 0 aliphatic carbocycles. The van der Waals surface area contributed by atoms with Crippen molar-refractivity contribution in [3.63, 3.8) is 0 Å². The van der Waals surface area contributed by atoms with Crippen LogP contribution in [0.1, 0.15) is 24.7 Å². The molecule has 0 amide bonds. The van der Waals surface area contributed by atoms with E-state index in [1.807, 2.05) is 14.0 Å². The Morgan fingerprint density at radius 2 is 2.24 bits per heavy atom. The van der Waals surface area contributed by atoms with Gasteiger partial charge in [0.15, 0.2) is 0 Å². The van der Waals surface area contributed by atoms with E-state index in [9.17, 15) is 0 Å². The van der Waals surface area contributed by atoms with E-state index in [4.69, 9.17) is 4.74 Å². The summed E-state index contributed by atoms with van der Waals surface area (Å²) < 4.78 is 8.33. The van der Waals surface area contributed by atoms with Crippen molar-refractivity contribution < 1.29 is 4.74 Å². The zero-order valence-electron chi connectivity index (χ0n) is 11.1. The molecule has 1 aromatic heterocycles. The molecule has 1 unspecified atom stereocenters. The highest BCUT2D eigenvalue weighted by Gasteiger charge is 2.16.